The summed E-state index contributed by atoms with van der Waals surface area (Å²) in [7, 11) is 0. The summed E-state index contributed by atoms with van der Waals surface area (Å²) < 4.78 is 2.95. The molecule has 3 nitrogen and oxygen atoms in total. The minimum absolute atomic E-state index is 0.786. The van der Waals surface area contributed by atoms with E-state index in [-0.39, 0.29) is 0 Å². The largest absolute Gasteiger partial charge is 0.304 e. The number of aryl methyl sites for hydroxylation is 1. The molecular weight excluding hydrogens is 194 g/mol. The van der Waals surface area contributed by atoms with Crippen molar-refractivity contribution < 1.29 is 0 Å². The molecule has 0 spiro atoms. The standard InChI is InChI=1S/C10H17N3S/c1-2-3-9-11-12-10(14)13(9)7-6-8-4-5-8/h8H,2-7H2,1H3,(H,12,14). The van der Waals surface area contributed by atoms with Gasteiger partial charge in [0.05, 0.1) is 0 Å². The number of nitrogens with one attached hydrogen (secondary N) is 1. The van der Waals surface area contributed by atoms with Crippen LogP contribution in [0, 0.1) is 10.7 Å². The Morgan fingerprint density at radius 2 is 2.36 bits per heavy atom. The number of H-pyrrole nitrogens is 1. The number of hydrogen-bond acceptors (Lipinski definition) is 2. The van der Waals surface area contributed by atoms with Gasteiger partial charge in [0.2, 0.25) is 0 Å². The van der Waals surface area contributed by atoms with Crippen LogP contribution in [-0.2, 0) is 13.0 Å². The van der Waals surface area contributed by atoms with Crippen LogP contribution in [0.5, 0.6) is 0 Å². The van der Waals surface area contributed by atoms with E-state index in [2.05, 4.69) is 21.7 Å². The van der Waals surface area contributed by atoms with Crippen molar-refractivity contribution in [2.75, 3.05) is 0 Å². The second-order valence-electron chi connectivity index (χ2n) is 4.08. The van der Waals surface area contributed by atoms with Gasteiger partial charge >= 0.3 is 0 Å². The highest BCUT2D eigenvalue weighted by atomic mass is 32.1. The van der Waals surface area contributed by atoms with Gasteiger partial charge in [-0.15, -0.1) is 0 Å². The normalized spacial score (nSPS) is 16.1. The van der Waals surface area contributed by atoms with Gasteiger partial charge in [0.25, 0.3) is 0 Å². The van der Waals surface area contributed by atoms with Gasteiger partial charge in [0.1, 0.15) is 5.82 Å². The molecule has 78 valence electrons. The Morgan fingerprint density at radius 1 is 1.57 bits per heavy atom. The predicted octanol–water partition coefficient (Wildman–Crippen LogP) is 2.69. The van der Waals surface area contributed by atoms with Gasteiger partial charge in [-0.05, 0) is 31.0 Å². The van der Waals surface area contributed by atoms with Gasteiger partial charge in [0.15, 0.2) is 4.77 Å². The van der Waals surface area contributed by atoms with Crippen molar-refractivity contribution in [2.45, 2.75) is 45.6 Å². The summed E-state index contributed by atoms with van der Waals surface area (Å²) >= 11 is 5.20. The first-order chi connectivity index (χ1) is 6.81. The maximum atomic E-state index is 5.20. The Balaban J connectivity index is 2.03. The van der Waals surface area contributed by atoms with Crippen LogP contribution in [0.1, 0.15) is 38.4 Å². The minimum Gasteiger partial charge on any atom is -0.304 e. The molecule has 0 bridgehead atoms. The Labute approximate surface area is 89.5 Å². The zero-order valence-corrected chi connectivity index (χ0v) is 9.44. The molecule has 1 saturated carbocycles. The van der Waals surface area contributed by atoms with E-state index in [4.69, 9.17) is 12.2 Å². The van der Waals surface area contributed by atoms with Crippen molar-refractivity contribution in [1.82, 2.24) is 14.8 Å². The van der Waals surface area contributed by atoms with E-state index < -0.39 is 0 Å². The van der Waals surface area contributed by atoms with Crippen molar-refractivity contribution in [3.63, 3.8) is 0 Å². The lowest BCUT2D eigenvalue weighted by Crippen LogP contribution is -2.04. The monoisotopic (exact) mass is 211 g/mol. The highest BCUT2D eigenvalue weighted by molar-refractivity contribution is 7.71. The average molecular weight is 211 g/mol. The van der Waals surface area contributed by atoms with Gasteiger partial charge in [0, 0.05) is 13.0 Å². The quantitative estimate of drug-likeness (QED) is 0.760. The highest BCUT2D eigenvalue weighted by Gasteiger charge is 2.21. The van der Waals surface area contributed by atoms with Gasteiger partial charge < -0.3 is 4.57 Å². The SMILES string of the molecule is CCCc1n[nH]c(=S)n1CCC1CC1. The summed E-state index contributed by atoms with van der Waals surface area (Å²) in [6.45, 7) is 3.22. The molecule has 0 amide bonds. The number of aromatic nitrogens is 3. The fourth-order valence-electron chi connectivity index (χ4n) is 1.71. The van der Waals surface area contributed by atoms with Gasteiger partial charge in [-0.2, -0.15) is 5.10 Å². The lowest BCUT2D eigenvalue weighted by molar-refractivity contribution is 0.566. The van der Waals surface area contributed by atoms with Crippen molar-refractivity contribution in [3.8, 4) is 0 Å². The number of rotatable bonds is 5. The molecular formula is C10H17N3S. The van der Waals surface area contributed by atoms with Crippen molar-refractivity contribution >= 4 is 12.2 Å². The molecule has 1 aliphatic rings. The Kier molecular flexibility index (Phi) is 3.01. The zero-order valence-electron chi connectivity index (χ0n) is 8.62. The lowest BCUT2D eigenvalue weighted by Gasteiger charge is -2.04. The first-order valence-electron chi connectivity index (χ1n) is 5.45. The maximum Gasteiger partial charge on any atom is 0.195 e. The van der Waals surface area contributed by atoms with Crippen molar-refractivity contribution in [2.24, 2.45) is 5.92 Å². The van der Waals surface area contributed by atoms with Crippen LogP contribution in [0.2, 0.25) is 0 Å². The third-order valence-electron chi connectivity index (χ3n) is 2.77. The van der Waals surface area contributed by atoms with E-state index in [1.807, 2.05) is 0 Å². The predicted molar refractivity (Wildman–Crippen MR) is 58.7 cm³/mol. The van der Waals surface area contributed by atoms with Gasteiger partial charge in [-0.25, -0.2) is 0 Å². The van der Waals surface area contributed by atoms with E-state index in [1.165, 1.54) is 19.3 Å². The lowest BCUT2D eigenvalue weighted by atomic mass is 10.3. The molecule has 2 rings (SSSR count). The molecule has 1 aromatic heterocycles. The molecule has 1 aliphatic carbocycles. The molecule has 0 radical (unpaired) electrons. The molecule has 14 heavy (non-hydrogen) atoms. The fraction of sp³-hybridized carbons (Fsp3) is 0.800. The summed E-state index contributed by atoms with van der Waals surface area (Å²) in [6, 6.07) is 0. The van der Waals surface area contributed by atoms with E-state index >= 15 is 0 Å². The molecule has 4 heteroatoms. The molecule has 1 heterocycles. The first-order valence-corrected chi connectivity index (χ1v) is 5.86. The molecule has 1 N–H and O–H groups in total. The summed E-state index contributed by atoms with van der Waals surface area (Å²) in [5, 5.41) is 7.13. The Bertz CT molecular complexity index is 348. The minimum atomic E-state index is 0.786. The third kappa shape index (κ3) is 2.23. The second-order valence-corrected chi connectivity index (χ2v) is 4.47. The molecule has 1 fully saturated rings. The van der Waals surface area contributed by atoms with Crippen LogP contribution >= 0.6 is 12.2 Å². The molecule has 0 saturated heterocycles. The fourth-order valence-corrected chi connectivity index (χ4v) is 1.96. The molecule has 0 unspecified atom stereocenters. The Morgan fingerprint density at radius 3 is 3.00 bits per heavy atom. The summed E-state index contributed by atoms with van der Waals surface area (Å²) in [4.78, 5) is 0. The Hall–Kier alpha value is -0.640. The number of aromatic amines is 1. The number of hydrogen-bond donors (Lipinski definition) is 1. The average Bonchev–Trinajstić information content (AvgIpc) is 2.93. The topological polar surface area (TPSA) is 33.6 Å². The zero-order chi connectivity index (χ0) is 9.97. The molecule has 0 aromatic carbocycles. The summed E-state index contributed by atoms with van der Waals surface area (Å²) in [6.07, 6.45) is 6.24. The molecule has 0 aliphatic heterocycles. The third-order valence-corrected chi connectivity index (χ3v) is 3.08. The van der Waals surface area contributed by atoms with Crippen LogP contribution in [0.3, 0.4) is 0 Å². The van der Waals surface area contributed by atoms with Crippen LogP contribution < -0.4 is 0 Å². The van der Waals surface area contributed by atoms with E-state index in [9.17, 15) is 0 Å². The van der Waals surface area contributed by atoms with Crippen LogP contribution in [0.25, 0.3) is 0 Å². The van der Waals surface area contributed by atoms with Crippen molar-refractivity contribution in [1.29, 1.82) is 0 Å². The van der Waals surface area contributed by atoms with Crippen LogP contribution in [-0.4, -0.2) is 14.8 Å². The van der Waals surface area contributed by atoms with Crippen molar-refractivity contribution in [3.05, 3.63) is 10.6 Å². The highest BCUT2D eigenvalue weighted by Crippen LogP contribution is 2.32. The molecule has 1 aromatic rings. The van der Waals surface area contributed by atoms with Gasteiger partial charge in [-0.1, -0.05) is 19.8 Å². The van der Waals surface area contributed by atoms with Crippen LogP contribution in [0.4, 0.5) is 0 Å². The second kappa shape index (κ2) is 4.26. The van der Waals surface area contributed by atoms with Crippen LogP contribution in [0.15, 0.2) is 0 Å². The smallest absolute Gasteiger partial charge is 0.195 e. The van der Waals surface area contributed by atoms with Gasteiger partial charge in [-0.3, -0.25) is 5.10 Å². The van der Waals surface area contributed by atoms with E-state index in [0.29, 0.717) is 0 Å². The van der Waals surface area contributed by atoms with E-state index in [1.54, 1.807) is 0 Å². The summed E-state index contributed by atoms with van der Waals surface area (Å²) in [5.74, 6) is 2.08. The number of nitrogens with zero attached hydrogens (tertiary/aromatic N) is 2. The maximum absolute atomic E-state index is 5.20. The van der Waals surface area contributed by atoms with E-state index in [0.717, 1.165) is 35.9 Å². The first kappa shape index (κ1) is 9.90. The summed E-state index contributed by atoms with van der Waals surface area (Å²) in [5.41, 5.74) is 0. The molecule has 0 atom stereocenters.